The number of nitrogens with one attached hydrogen (secondary N) is 2. The van der Waals surface area contributed by atoms with Crippen molar-refractivity contribution >= 4 is 34.0 Å². The second-order valence-electron chi connectivity index (χ2n) is 6.86. The summed E-state index contributed by atoms with van der Waals surface area (Å²) in [5, 5.41) is 49.9. The maximum absolute atomic E-state index is 12.9. The zero-order valence-corrected chi connectivity index (χ0v) is 16.9. The van der Waals surface area contributed by atoms with Gasteiger partial charge in [0.05, 0.1) is 12.2 Å². The Kier molecular flexibility index (Phi) is 5.76. The zero-order chi connectivity index (χ0) is 23.4. The molecule has 0 atom stereocenters. The number of hydrogen-bond donors (Lipinski definition) is 4. The molecule has 33 heavy (non-hydrogen) atoms. The first-order valence-corrected chi connectivity index (χ1v) is 9.62. The molecule has 0 aliphatic heterocycles. The Hall–Kier alpha value is -5.06. The summed E-state index contributed by atoms with van der Waals surface area (Å²) in [7, 11) is 0. The van der Waals surface area contributed by atoms with E-state index in [1.54, 1.807) is 60.7 Å². The summed E-state index contributed by atoms with van der Waals surface area (Å²) < 4.78 is 0. The monoisotopic (exact) mass is 437 g/mol. The van der Waals surface area contributed by atoms with Crippen LogP contribution in [0.15, 0.2) is 64.8 Å². The standard InChI is InChI=1S/C23H15N7O3/c24-10-18-19(11-25)28-23(27-18)30-29-20-16-4-2-1-3-14(16)9-17(21(20)32)22(33)26-15-7-5-13(12-31)6-8-15/h1-9,31-32H,12H2,(H,26,33)(H,27,28)/b30-29+. The van der Waals surface area contributed by atoms with E-state index in [1.807, 2.05) is 0 Å². The molecule has 0 saturated carbocycles. The van der Waals surface area contributed by atoms with Gasteiger partial charge in [-0.05, 0) is 29.1 Å². The van der Waals surface area contributed by atoms with Crippen molar-refractivity contribution in [2.24, 2.45) is 10.2 Å². The van der Waals surface area contributed by atoms with Crippen LogP contribution < -0.4 is 5.32 Å². The van der Waals surface area contributed by atoms with Crippen molar-refractivity contribution in [2.45, 2.75) is 6.61 Å². The number of rotatable bonds is 5. The van der Waals surface area contributed by atoms with Crippen molar-refractivity contribution in [1.29, 1.82) is 10.5 Å². The Bertz CT molecular complexity index is 1440. The van der Waals surface area contributed by atoms with E-state index in [0.29, 0.717) is 22.0 Å². The van der Waals surface area contributed by atoms with E-state index in [1.165, 1.54) is 6.07 Å². The topological polar surface area (TPSA) is 171 Å². The third kappa shape index (κ3) is 4.23. The van der Waals surface area contributed by atoms with E-state index in [-0.39, 0.29) is 35.2 Å². The molecule has 3 aromatic carbocycles. The quantitative estimate of drug-likeness (QED) is 0.341. The van der Waals surface area contributed by atoms with Gasteiger partial charge in [0.2, 0.25) is 5.95 Å². The number of aliphatic hydroxyl groups excluding tert-OH is 1. The lowest BCUT2D eigenvalue weighted by molar-refractivity contribution is 0.102. The zero-order valence-electron chi connectivity index (χ0n) is 16.9. The molecule has 0 fully saturated rings. The molecule has 1 amide bonds. The number of nitrogens with zero attached hydrogens (tertiary/aromatic N) is 5. The van der Waals surface area contributed by atoms with Gasteiger partial charge in [0.15, 0.2) is 17.1 Å². The number of azo groups is 1. The molecule has 160 valence electrons. The first kappa shape index (κ1) is 21.2. The van der Waals surface area contributed by atoms with Crippen LogP contribution in [0.2, 0.25) is 0 Å². The highest BCUT2D eigenvalue weighted by atomic mass is 16.3. The van der Waals surface area contributed by atoms with Crippen LogP contribution in [0.3, 0.4) is 0 Å². The van der Waals surface area contributed by atoms with Gasteiger partial charge in [-0.3, -0.25) is 4.79 Å². The lowest BCUT2D eigenvalue weighted by Gasteiger charge is -2.11. The van der Waals surface area contributed by atoms with Gasteiger partial charge < -0.3 is 20.5 Å². The van der Waals surface area contributed by atoms with Gasteiger partial charge in [-0.1, -0.05) is 36.4 Å². The molecule has 1 heterocycles. The van der Waals surface area contributed by atoms with Crippen molar-refractivity contribution in [3.8, 4) is 17.9 Å². The highest BCUT2D eigenvalue weighted by molar-refractivity contribution is 6.11. The number of aromatic nitrogens is 2. The number of fused-ring (bicyclic) bond motifs is 1. The Morgan fingerprint density at radius 2 is 1.85 bits per heavy atom. The van der Waals surface area contributed by atoms with E-state index >= 15 is 0 Å². The lowest BCUT2D eigenvalue weighted by Crippen LogP contribution is -2.12. The fourth-order valence-corrected chi connectivity index (χ4v) is 3.15. The molecule has 4 rings (SSSR count). The second kappa shape index (κ2) is 8.98. The summed E-state index contributed by atoms with van der Waals surface area (Å²) in [6, 6.07) is 18.7. The number of amides is 1. The minimum Gasteiger partial charge on any atom is -0.505 e. The molecule has 0 spiro atoms. The van der Waals surface area contributed by atoms with Gasteiger partial charge in [-0.15, -0.1) is 10.2 Å². The number of hydrogen-bond acceptors (Lipinski definition) is 8. The van der Waals surface area contributed by atoms with E-state index in [0.717, 1.165) is 0 Å². The van der Waals surface area contributed by atoms with E-state index in [4.69, 9.17) is 15.6 Å². The number of imidazole rings is 1. The molecule has 10 heteroatoms. The second-order valence-corrected chi connectivity index (χ2v) is 6.86. The minimum atomic E-state index is -0.567. The van der Waals surface area contributed by atoms with E-state index in [2.05, 4.69) is 25.5 Å². The van der Waals surface area contributed by atoms with Crippen LogP contribution in [0.5, 0.6) is 5.75 Å². The van der Waals surface area contributed by atoms with Crippen LogP contribution in [0.4, 0.5) is 17.3 Å². The molecule has 0 aliphatic carbocycles. The first-order valence-electron chi connectivity index (χ1n) is 9.62. The molecule has 10 nitrogen and oxygen atoms in total. The molecule has 0 saturated heterocycles. The third-order valence-electron chi connectivity index (χ3n) is 4.79. The molecule has 4 N–H and O–H groups in total. The number of phenolic OH excluding ortho intramolecular Hbond substituents is 1. The fourth-order valence-electron chi connectivity index (χ4n) is 3.15. The molecule has 4 aromatic rings. The van der Waals surface area contributed by atoms with Gasteiger partial charge >= 0.3 is 0 Å². The van der Waals surface area contributed by atoms with Crippen molar-refractivity contribution in [3.05, 3.63) is 77.1 Å². The number of aliphatic hydroxyl groups is 1. The molecule has 0 bridgehead atoms. The minimum absolute atomic E-state index is 0.0243. The number of phenols is 1. The number of anilines is 1. The molecule has 0 unspecified atom stereocenters. The average molecular weight is 437 g/mol. The highest BCUT2D eigenvalue weighted by Gasteiger charge is 2.19. The molecule has 1 aromatic heterocycles. The number of aromatic amines is 1. The fraction of sp³-hybridized carbons (Fsp3) is 0.0435. The summed E-state index contributed by atoms with van der Waals surface area (Å²) in [6.07, 6.45) is 0. The molecule has 0 radical (unpaired) electrons. The van der Waals surface area contributed by atoms with E-state index < -0.39 is 11.7 Å². The van der Waals surface area contributed by atoms with Crippen LogP contribution in [0, 0.1) is 22.7 Å². The van der Waals surface area contributed by atoms with Crippen molar-refractivity contribution in [3.63, 3.8) is 0 Å². The van der Waals surface area contributed by atoms with Crippen molar-refractivity contribution in [1.82, 2.24) is 9.97 Å². The van der Waals surface area contributed by atoms with Crippen LogP contribution in [-0.4, -0.2) is 26.1 Å². The normalized spacial score (nSPS) is 10.8. The smallest absolute Gasteiger partial charge is 0.259 e. The van der Waals surface area contributed by atoms with Crippen molar-refractivity contribution < 1.29 is 15.0 Å². The van der Waals surface area contributed by atoms with Gasteiger partial charge in [0, 0.05) is 11.1 Å². The Morgan fingerprint density at radius 3 is 2.52 bits per heavy atom. The van der Waals surface area contributed by atoms with Gasteiger partial charge in [0.1, 0.15) is 17.8 Å². The lowest BCUT2D eigenvalue weighted by atomic mass is 10.0. The summed E-state index contributed by atoms with van der Waals surface area (Å²) in [4.78, 5) is 19.3. The Labute approximate surface area is 187 Å². The predicted octanol–water partition coefficient (Wildman–Crippen LogP) is 4.17. The summed E-state index contributed by atoms with van der Waals surface area (Å²) in [6.45, 7) is -0.116. The van der Waals surface area contributed by atoms with Gasteiger partial charge in [-0.2, -0.15) is 15.5 Å². The number of carbonyl (C=O) groups excluding carboxylic acids is 1. The average Bonchev–Trinajstić information content (AvgIpc) is 3.26. The summed E-state index contributed by atoms with van der Waals surface area (Å²) in [5.41, 5.74) is 1.01. The maximum atomic E-state index is 12.9. The first-order chi connectivity index (χ1) is 16.0. The molecular formula is C23H15N7O3. The van der Waals surface area contributed by atoms with Gasteiger partial charge in [0.25, 0.3) is 5.91 Å². The number of aromatic hydroxyl groups is 1. The Balaban J connectivity index is 1.74. The summed E-state index contributed by atoms with van der Waals surface area (Å²) >= 11 is 0. The highest BCUT2D eigenvalue weighted by Crippen LogP contribution is 2.39. The van der Waals surface area contributed by atoms with Crippen LogP contribution in [-0.2, 0) is 6.61 Å². The number of nitriles is 2. The Morgan fingerprint density at radius 1 is 1.09 bits per heavy atom. The summed E-state index contributed by atoms with van der Waals surface area (Å²) in [5.74, 6) is -1.05. The number of carbonyl (C=O) groups is 1. The third-order valence-corrected chi connectivity index (χ3v) is 4.79. The molecular weight excluding hydrogens is 422 g/mol. The van der Waals surface area contributed by atoms with Crippen LogP contribution in [0.1, 0.15) is 27.3 Å². The van der Waals surface area contributed by atoms with Gasteiger partial charge in [-0.25, -0.2) is 0 Å². The van der Waals surface area contributed by atoms with Crippen LogP contribution in [0.25, 0.3) is 10.8 Å². The SMILES string of the molecule is N#Cc1nc(/N=N/c2c(O)c(C(=O)Nc3ccc(CO)cc3)cc3ccccc23)[nH]c1C#N. The maximum Gasteiger partial charge on any atom is 0.259 e. The van der Waals surface area contributed by atoms with Crippen molar-refractivity contribution in [2.75, 3.05) is 5.32 Å². The largest absolute Gasteiger partial charge is 0.505 e. The number of benzene rings is 3. The number of H-pyrrole nitrogens is 1. The predicted molar refractivity (Wildman–Crippen MR) is 118 cm³/mol. The molecule has 0 aliphatic rings. The van der Waals surface area contributed by atoms with Crippen LogP contribution >= 0.6 is 0 Å². The van der Waals surface area contributed by atoms with E-state index in [9.17, 15) is 9.90 Å².